The Morgan fingerprint density at radius 3 is 2.30 bits per heavy atom. The van der Waals surface area contributed by atoms with Gasteiger partial charge in [0.15, 0.2) is 5.78 Å². The number of fused-ring (bicyclic) bond motifs is 1. The van der Waals surface area contributed by atoms with E-state index >= 15 is 0 Å². The van der Waals surface area contributed by atoms with Crippen molar-refractivity contribution in [2.45, 2.75) is 13.8 Å². The molecule has 0 atom stereocenters. The smallest absolute Gasteiger partial charge is 0.203 e. The molecule has 0 amide bonds. The minimum atomic E-state index is -0.453. The zero-order chi connectivity index (χ0) is 19.7. The van der Waals surface area contributed by atoms with Crippen molar-refractivity contribution in [3.63, 3.8) is 0 Å². The lowest BCUT2D eigenvalue weighted by Gasteiger charge is -2.15. The summed E-state index contributed by atoms with van der Waals surface area (Å²) in [5, 5.41) is 3.89. The number of nitrogens with one attached hydrogen (secondary N) is 2. The molecule has 0 fully saturated rings. The Morgan fingerprint density at radius 1 is 1.07 bits per heavy atom. The van der Waals surface area contributed by atoms with E-state index < -0.39 is 5.43 Å². The molecule has 140 valence electrons. The number of pyridine rings is 1. The highest BCUT2D eigenvalue weighted by atomic mass is 35.5. The number of rotatable bonds is 5. The van der Waals surface area contributed by atoms with Gasteiger partial charge in [0.05, 0.1) is 28.1 Å². The van der Waals surface area contributed by atoms with Gasteiger partial charge in [0, 0.05) is 11.6 Å². The first-order chi connectivity index (χ1) is 12.8. The van der Waals surface area contributed by atoms with Gasteiger partial charge in [-0.3, -0.25) is 9.59 Å². The Hall–Kier alpha value is -2.50. The van der Waals surface area contributed by atoms with Crippen LogP contribution in [-0.2, 0) is 0 Å². The van der Waals surface area contributed by atoms with Crippen LogP contribution in [-0.4, -0.2) is 17.9 Å². The summed E-state index contributed by atoms with van der Waals surface area (Å²) in [5.74, 6) is 0.324. The number of carbonyl (C=O) groups excluding carboxylic acids is 1. The lowest BCUT2D eigenvalue weighted by molar-refractivity contribution is 0.0939. The second kappa shape index (κ2) is 7.62. The number of hydrogen-bond donors (Lipinski definition) is 2. The summed E-state index contributed by atoms with van der Waals surface area (Å²) in [6, 6.07) is 10.3. The van der Waals surface area contributed by atoms with Crippen LogP contribution in [0.3, 0.4) is 0 Å². The average Bonchev–Trinajstić information content (AvgIpc) is 2.65. The van der Waals surface area contributed by atoms with Crippen molar-refractivity contribution in [2.75, 3.05) is 12.4 Å². The number of benzene rings is 2. The molecule has 0 saturated heterocycles. The molecule has 1 heterocycles. The normalized spacial score (nSPS) is 11.0. The first kappa shape index (κ1) is 19.3. The van der Waals surface area contributed by atoms with Crippen LogP contribution in [0.2, 0.25) is 10.0 Å². The van der Waals surface area contributed by atoms with Crippen molar-refractivity contribution >= 4 is 51.4 Å². The van der Waals surface area contributed by atoms with Crippen LogP contribution < -0.4 is 15.5 Å². The van der Waals surface area contributed by atoms with E-state index in [4.69, 9.17) is 27.9 Å². The number of aromatic amines is 1. The third kappa shape index (κ3) is 3.66. The van der Waals surface area contributed by atoms with Gasteiger partial charge in [0.1, 0.15) is 17.1 Å². The van der Waals surface area contributed by atoms with Crippen LogP contribution in [0.4, 0.5) is 11.5 Å². The van der Waals surface area contributed by atoms with Gasteiger partial charge >= 0.3 is 0 Å². The number of aromatic nitrogens is 1. The number of H-pyrrole nitrogens is 1. The molecule has 2 N–H and O–H groups in total. The highest BCUT2D eigenvalue weighted by Gasteiger charge is 2.23. The first-order valence-electron chi connectivity index (χ1n) is 8.32. The molecule has 0 aliphatic carbocycles. The topological polar surface area (TPSA) is 71.2 Å². The molecule has 0 aliphatic rings. The van der Waals surface area contributed by atoms with E-state index in [1.165, 1.54) is 0 Å². The highest BCUT2D eigenvalue weighted by molar-refractivity contribution is 6.40. The van der Waals surface area contributed by atoms with E-state index in [1.807, 2.05) is 0 Å². The van der Waals surface area contributed by atoms with E-state index in [0.717, 1.165) is 0 Å². The van der Waals surface area contributed by atoms with Crippen molar-refractivity contribution in [3.05, 3.63) is 62.2 Å². The molecule has 3 aromatic rings. The van der Waals surface area contributed by atoms with Crippen LogP contribution in [0.15, 0.2) is 41.2 Å². The lowest BCUT2D eigenvalue weighted by atomic mass is 9.99. The molecule has 0 bridgehead atoms. The number of halogens is 2. The van der Waals surface area contributed by atoms with Gasteiger partial charge in [-0.25, -0.2) is 0 Å². The molecule has 0 aliphatic heterocycles. The summed E-state index contributed by atoms with van der Waals surface area (Å²) in [6.45, 7) is 3.48. The van der Waals surface area contributed by atoms with Gasteiger partial charge in [-0.15, -0.1) is 0 Å². The monoisotopic (exact) mass is 404 g/mol. The first-order valence-corrected chi connectivity index (χ1v) is 9.08. The van der Waals surface area contributed by atoms with Crippen molar-refractivity contribution < 1.29 is 9.53 Å². The zero-order valence-corrected chi connectivity index (χ0v) is 16.5. The molecule has 1 aromatic heterocycles. The number of methoxy groups -OCH3 is 1. The second-order valence-corrected chi connectivity index (χ2v) is 7.17. The summed E-state index contributed by atoms with van der Waals surface area (Å²) < 4.78 is 5.15. The summed E-state index contributed by atoms with van der Waals surface area (Å²) in [5.41, 5.74) is 0.635. The van der Waals surface area contributed by atoms with E-state index in [9.17, 15) is 9.59 Å². The third-order valence-corrected chi connectivity index (χ3v) is 4.82. The highest BCUT2D eigenvalue weighted by Crippen LogP contribution is 2.30. The molecule has 0 unspecified atom stereocenters. The van der Waals surface area contributed by atoms with E-state index in [1.54, 1.807) is 57.4 Å². The van der Waals surface area contributed by atoms with Gasteiger partial charge < -0.3 is 15.0 Å². The molecule has 5 nitrogen and oxygen atoms in total. The molecule has 7 heteroatoms. The number of carbonyl (C=O) groups is 1. The predicted octanol–water partition coefficient (Wildman–Crippen LogP) is 5.43. The Balaban J connectivity index is 2.25. The minimum absolute atomic E-state index is 0.0254. The number of Topliss-reactive ketones (excluding diaryl/α,β-unsaturated/α-hetero) is 1. The number of ether oxygens (including phenoxy) is 1. The molecule has 0 spiro atoms. The Bertz CT molecular complexity index is 1070. The zero-order valence-electron chi connectivity index (χ0n) is 15.0. The predicted molar refractivity (Wildman–Crippen MR) is 110 cm³/mol. The van der Waals surface area contributed by atoms with Crippen LogP contribution in [0.1, 0.15) is 24.2 Å². The second-order valence-electron chi connectivity index (χ2n) is 6.36. The van der Waals surface area contributed by atoms with Crippen LogP contribution in [0, 0.1) is 5.92 Å². The summed E-state index contributed by atoms with van der Waals surface area (Å²) in [7, 11) is 1.58. The van der Waals surface area contributed by atoms with Crippen LogP contribution in [0.25, 0.3) is 10.9 Å². The van der Waals surface area contributed by atoms with Crippen LogP contribution in [0.5, 0.6) is 5.75 Å². The molecule has 27 heavy (non-hydrogen) atoms. The van der Waals surface area contributed by atoms with Gasteiger partial charge in [0.25, 0.3) is 0 Å². The third-order valence-electron chi connectivity index (χ3n) is 4.19. The largest absolute Gasteiger partial charge is 0.497 e. The minimum Gasteiger partial charge on any atom is -0.497 e. The maximum absolute atomic E-state index is 13.1. The van der Waals surface area contributed by atoms with Crippen molar-refractivity contribution in [3.8, 4) is 5.75 Å². The maximum Gasteiger partial charge on any atom is 0.203 e. The SMILES string of the molecule is COc1ccc(Nc2[nH]c3c(Cl)ccc(Cl)c3c(=O)c2C(=O)C(C)C)cc1. The summed E-state index contributed by atoms with van der Waals surface area (Å²) in [4.78, 5) is 29.0. The Labute approximate surface area is 166 Å². The molecule has 3 rings (SSSR count). The van der Waals surface area contributed by atoms with Gasteiger partial charge in [0.2, 0.25) is 5.43 Å². The van der Waals surface area contributed by atoms with Crippen LogP contribution >= 0.6 is 23.2 Å². The molecule has 0 saturated carbocycles. The van der Waals surface area contributed by atoms with Gasteiger partial charge in [-0.05, 0) is 36.4 Å². The number of anilines is 2. The van der Waals surface area contributed by atoms with Crippen molar-refractivity contribution in [1.29, 1.82) is 0 Å². The van der Waals surface area contributed by atoms with E-state index in [-0.39, 0.29) is 33.5 Å². The van der Waals surface area contributed by atoms with Gasteiger partial charge in [-0.1, -0.05) is 37.0 Å². The standard InChI is InChI=1S/C20H18Cl2N2O3/c1-10(2)18(25)16-19(26)15-13(21)8-9-14(22)17(15)24-20(16)23-11-4-6-12(27-3)7-5-11/h4-10H,1-3H3,(H2,23,24,26). The molecular formula is C20H18Cl2N2O3. The van der Waals surface area contributed by atoms with E-state index in [2.05, 4.69) is 10.3 Å². The van der Waals surface area contributed by atoms with E-state index in [0.29, 0.717) is 22.0 Å². The molecule has 2 aromatic carbocycles. The average molecular weight is 405 g/mol. The van der Waals surface area contributed by atoms with Gasteiger partial charge in [-0.2, -0.15) is 0 Å². The van der Waals surface area contributed by atoms with Crippen molar-refractivity contribution in [1.82, 2.24) is 4.98 Å². The fraction of sp³-hybridized carbons (Fsp3) is 0.200. The quantitative estimate of drug-likeness (QED) is 0.556. The fourth-order valence-corrected chi connectivity index (χ4v) is 3.21. The number of ketones is 1. The maximum atomic E-state index is 13.1. The Kier molecular flexibility index (Phi) is 5.44. The Morgan fingerprint density at radius 2 is 1.70 bits per heavy atom. The number of hydrogen-bond acceptors (Lipinski definition) is 4. The molecular weight excluding hydrogens is 387 g/mol. The van der Waals surface area contributed by atoms with Crippen molar-refractivity contribution in [2.24, 2.45) is 5.92 Å². The molecule has 0 radical (unpaired) electrons. The summed E-state index contributed by atoms with van der Waals surface area (Å²) in [6.07, 6.45) is 0. The summed E-state index contributed by atoms with van der Waals surface area (Å²) >= 11 is 12.5. The fourth-order valence-electron chi connectivity index (χ4n) is 2.76. The lowest BCUT2D eigenvalue weighted by Crippen LogP contribution is -2.22.